The van der Waals surface area contributed by atoms with Crippen molar-refractivity contribution in [3.8, 4) is 0 Å². The highest BCUT2D eigenvalue weighted by molar-refractivity contribution is 5.84. The maximum absolute atomic E-state index is 12.5. The molecule has 0 aromatic heterocycles. The Morgan fingerprint density at radius 3 is 3.05 bits per heavy atom. The van der Waals surface area contributed by atoms with Crippen LogP contribution in [0.4, 0.5) is 0 Å². The molecule has 3 heterocycles. The van der Waals surface area contributed by atoms with Crippen LogP contribution in [0.2, 0.25) is 0 Å². The van der Waals surface area contributed by atoms with Gasteiger partial charge in [-0.2, -0.15) is 0 Å². The summed E-state index contributed by atoms with van der Waals surface area (Å²) >= 11 is 0. The van der Waals surface area contributed by atoms with Crippen molar-refractivity contribution in [1.29, 1.82) is 0 Å². The second-order valence-electron chi connectivity index (χ2n) is 10.2. The minimum absolute atomic E-state index is 0.465. The first-order valence-electron chi connectivity index (χ1n) is 9.39. The maximum Gasteiger partial charge on any atom is 0.136 e. The van der Waals surface area contributed by atoms with E-state index in [1.165, 1.54) is 45.1 Å². The van der Waals surface area contributed by atoms with E-state index in [9.17, 15) is 4.79 Å². The van der Waals surface area contributed by atoms with Crippen LogP contribution in [-0.4, -0.2) is 29.3 Å². The van der Waals surface area contributed by atoms with Crippen LogP contribution in [0.25, 0.3) is 0 Å². The van der Waals surface area contributed by atoms with Crippen LogP contribution in [0.5, 0.6) is 0 Å². The number of rotatable bonds is 0. The smallest absolute Gasteiger partial charge is 0.136 e. The zero-order chi connectivity index (χ0) is 13.8. The molecule has 0 N–H and O–H groups in total. The minimum atomic E-state index is 0.465. The molecule has 2 nitrogen and oxygen atoms in total. The van der Waals surface area contributed by atoms with E-state index in [-0.39, 0.29) is 0 Å². The van der Waals surface area contributed by atoms with Gasteiger partial charge in [0.1, 0.15) is 5.78 Å². The topological polar surface area (TPSA) is 20.3 Å². The fourth-order valence-electron chi connectivity index (χ4n) is 10.2. The number of carbonyl (C=O) groups is 1. The van der Waals surface area contributed by atoms with Gasteiger partial charge in [-0.3, -0.25) is 9.69 Å². The summed E-state index contributed by atoms with van der Waals surface area (Å²) in [6.07, 6.45) is 9.41. The zero-order valence-corrected chi connectivity index (χ0v) is 13.0. The standard InChI is InChI=1S/C19H25NO/c1-17-3-2-4-19-14-6-10-5-11-16(19)20(9-17)12(15(17)19)7-18(11,14)8-13(10)21/h10-12,14-16H,2-9H2,1H3/t10?,11-,12+,14?,15-,16-,17+,18-,19?/m1/s1. The van der Waals surface area contributed by atoms with E-state index in [0.29, 0.717) is 27.9 Å². The third kappa shape index (κ3) is 0.813. The highest BCUT2D eigenvalue weighted by Crippen LogP contribution is 2.86. The molecule has 3 aliphatic heterocycles. The second kappa shape index (κ2) is 2.77. The SMILES string of the molecule is C[C@]12CCCC34C5CC6C[C@@H]7[C@H]3N(C1)[C@@H](C[C@]57CC6=O)[C@@H]42. The number of hydrogen-bond acceptors (Lipinski definition) is 2. The van der Waals surface area contributed by atoms with Gasteiger partial charge in [0.05, 0.1) is 0 Å². The Morgan fingerprint density at radius 2 is 2.14 bits per heavy atom. The molecule has 0 aromatic carbocycles. The molecule has 0 aromatic rings. The van der Waals surface area contributed by atoms with Gasteiger partial charge in [0.2, 0.25) is 0 Å². The summed E-state index contributed by atoms with van der Waals surface area (Å²) in [6.45, 7) is 4.01. The van der Waals surface area contributed by atoms with Crippen LogP contribution in [0.15, 0.2) is 0 Å². The van der Waals surface area contributed by atoms with Gasteiger partial charge in [-0.15, -0.1) is 0 Å². The van der Waals surface area contributed by atoms with Crippen LogP contribution in [-0.2, 0) is 4.79 Å². The molecule has 9 bridgehead atoms. The molecule has 6 saturated carbocycles. The largest absolute Gasteiger partial charge is 0.299 e. The number of nitrogens with zero attached hydrogens (tertiary/aromatic N) is 1. The van der Waals surface area contributed by atoms with Crippen LogP contribution in [0.1, 0.15) is 51.9 Å². The summed E-state index contributed by atoms with van der Waals surface area (Å²) in [5, 5.41) is 0. The number of piperidine rings is 2. The molecule has 10 atom stereocenters. The summed E-state index contributed by atoms with van der Waals surface area (Å²) in [7, 11) is 0. The van der Waals surface area contributed by atoms with E-state index in [0.717, 1.165) is 36.3 Å². The lowest BCUT2D eigenvalue weighted by Gasteiger charge is -2.62. The van der Waals surface area contributed by atoms with E-state index in [4.69, 9.17) is 0 Å². The molecule has 0 amide bonds. The second-order valence-corrected chi connectivity index (χ2v) is 10.2. The van der Waals surface area contributed by atoms with Crippen LogP contribution < -0.4 is 0 Å². The Labute approximate surface area is 126 Å². The summed E-state index contributed by atoms with van der Waals surface area (Å²) in [6, 6.07) is 1.77. The lowest BCUT2D eigenvalue weighted by Crippen LogP contribution is -2.59. The number of Topliss-reactive ketones (excluding diaryl/α,β-unsaturated/α-hetero) is 1. The Morgan fingerprint density at radius 1 is 1.24 bits per heavy atom. The maximum atomic E-state index is 12.5. The number of ketones is 1. The van der Waals surface area contributed by atoms with Crippen LogP contribution in [0.3, 0.4) is 0 Å². The molecule has 4 unspecified atom stereocenters. The Kier molecular flexibility index (Phi) is 1.48. The first kappa shape index (κ1) is 11.2. The van der Waals surface area contributed by atoms with Crippen molar-refractivity contribution in [1.82, 2.24) is 4.90 Å². The summed E-state index contributed by atoms with van der Waals surface area (Å²) in [4.78, 5) is 15.5. The minimum Gasteiger partial charge on any atom is -0.299 e. The van der Waals surface area contributed by atoms with Crippen molar-refractivity contribution in [2.75, 3.05) is 6.54 Å². The normalized spacial score (nSPS) is 74.5. The molecule has 21 heavy (non-hydrogen) atoms. The van der Waals surface area contributed by atoms with Crippen molar-refractivity contribution in [2.45, 2.75) is 64.0 Å². The number of fused-ring (bicyclic) bond motifs is 1. The average molecular weight is 283 g/mol. The molecule has 0 radical (unpaired) electrons. The Hall–Kier alpha value is -0.370. The first-order chi connectivity index (χ1) is 10.1. The lowest BCUT2D eigenvalue weighted by molar-refractivity contribution is -0.159. The van der Waals surface area contributed by atoms with E-state index in [1.54, 1.807) is 0 Å². The summed E-state index contributed by atoms with van der Waals surface area (Å²) < 4.78 is 0. The Balaban J connectivity index is 1.53. The van der Waals surface area contributed by atoms with Crippen molar-refractivity contribution < 1.29 is 4.79 Å². The van der Waals surface area contributed by atoms with Crippen molar-refractivity contribution in [3.63, 3.8) is 0 Å². The van der Waals surface area contributed by atoms with Crippen LogP contribution >= 0.6 is 0 Å². The zero-order valence-electron chi connectivity index (χ0n) is 13.0. The van der Waals surface area contributed by atoms with Gasteiger partial charge in [-0.1, -0.05) is 13.3 Å². The summed E-state index contributed by atoms with van der Waals surface area (Å²) in [5.74, 6) is 3.96. The van der Waals surface area contributed by atoms with Gasteiger partial charge in [0.25, 0.3) is 0 Å². The van der Waals surface area contributed by atoms with Crippen molar-refractivity contribution in [2.24, 2.45) is 39.9 Å². The first-order valence-corrected chi connectivity index (χ1v) is 9.39. The molecule has 9 rings (SSSR count). The van der Waals surface area contributed by atoms with E-state index in [1.807, 2.05) is 0 Å². The predicted molar refractivity (Wildman–Crippen MR) is 78.5 cm³/mol. The van der Waals surface area contributed by atoms with Gasteiger partial charge >= 0.3 is 0 Å². The van der Waals surface area contributed by atoms with Crippen molar-refractivity contribution in [3.05, 3.63) is 0 Å². The monoisotopic (exact) mass is 283 g/mol. The number of carbonyl (C=O) groups excluding carboxylic acids is 1. The number of hydrogen-bond donors (Lipinski definition) is 0. The molecule has 2 heteroatoms. The highest BCUT2D eigenvalue weighted by atomic mass is 16.1. The fraction of sp³-hybridized carbons (Fsp3) is 0.947. The van der Waals surface area contributed by atoms with E-state index < -0.39 is 0 Å². The molecule has 9 fully saturated rings. The van der Waals surface area contributed by atoms with Crippen LogP contribution in [0, 0.1) is 39.9 Å². The lowest BCUT2D eigenvalue weighted by atomic mass is 9.41. The third-order valence-electron chi connectivity index (χ3n) is 10.0. The Bertz CT molecular complexity index is 615. The van der Waals surface area contributed by atoms with Gasteiger partial charge in [0.15, 0.2) is 0 Å². The third-order valence-corrected chi connectivity index (χ3v) is 10.0. The summed E-state index contributed by atoms with van der Waals surface area (Å²) in [5.41, 5.74) is 1.77. The molecule has 112 valence electrons. The quantitative estimate of drug-likeness (QED) is 0.681. The van der Waals surface area contributed by atoms with E-state index in [2.05, 4.69) is 11.8 Å². The van der Waals surface area contributed by atoms with Gasteiger partial charge in [0, 0.05) is 31.0 Å². The molecular formula is C19H25NO. The van der Waals surface area contributed by atoms with Crippen molar-refractivity contribution >= 4 is 5.78 Å². The van der Waals surface area contributed by atoms with Gasteiger partial charge in [-0.05, 0) is 66.1 Å². The fourth-order valence-corrected chi connectivity index (χ4v) is 10.2. The highest BCUT2D eigenvalue weighted by Gasteiger charge is 2.86. The molecule has 3 saturated heterocycles. The van der Waals surface area contributed by atoms with E-state index >= 15 is 0 Å². The molecular weight excluding hydrogens is 258 g/mol. The predicted octanol–water partition coefficient (Wildman–Crippen LogP) is 2.86. The average Bonchev–Trinajstić information content (AvgIpc) is 2.84. The molecule has 9 aliphatic rings. The molecule has 6 aliphatic carbocycles. The molecule has 2 spiro atoms. The van der Waals surface area contributed by atoms with Gasteiger partial charge < -0.3 is 0 Å². The van der Waals surface area contributed by atoms with Gasteiger partial charge in [-0.25, -0.2) is 0 Å².